The number of carbonyl (C=O) groups excluding carboxylic acids is 9. The summed E-state index contributed by atoms with van der Waals surface area (Å²) >= 11 is 0. The molecule has 14 unspecified atom stereocenters. The molecule has 2 aromatic carbocycles. The molecular weight excluding hydrogens is 1370 g/mol. The van der Waals surface area contributed by atoms with Gasteiger partial charge in [0.1, 0.15) is 47.8 Å². The van der Waals surface area contributed by atoms with Crippen LogP contribution in [0.1, 0.15) is 158 Å². The largest absolute Gasteiger partial charge is 0.508 e. The van der Waals surface area contributed by atoms with Gasteiger partial charge in [0.05, 0.1) is 12.1 Å². The highest BCUT2D eigenvalue weighted by Gasteiger charge is 2.48. The number of likely N-dealkylation sites (tertiary alicyclic amines) is 4. The number of carboxylic acids is 1. The minimum atomic E-state index is -1.02. The molecule has 0 radical (unpaired) electrons. The molecule has 14 atom stereocenters. The molecule has 0 aromatic heterocycles. The van der Waals surface area contributed by atoms with Crippen LogP contribution in [0.4, 0.5) is 0 Å². The van der Waals surface area contributed by atoms with E-state index in [1.807, 2.05) is 121 Å². The van der Waals surface area contributed by atoms with Crippen molar-refractivity contribution in [3.63, 3.8) is 0 Å². The van der Waals surface area contributed by atoms with Gasteiger partial charge in [-0.2, -0.15) is 0 Å². The van der Waals surface area contributed by atoms with E-state index in [2.05, 4.69) is 32.1 Å². The van der Waals surface area contributed by atoms with Crippen molar-refractivity contribution in [1.82, 2.24) is 44.5 Å². The van der Waals surface area contributed by atoms with E-state index in [0.29, 0.717) is 84.1 Å². The van der Waals surface area contributed by atoms with E-state index in [-0.39, 0.29) is 138 Å². The predicted molar refractivity (Wildman–Crippen MR) is 410 cm³/mol. The highest BCUT2D eigenvalue weighted by atomic mass is 32.8. The van der Waals surface area contributed by atoms with Crippen LogP contribution in [0.3, 0.4) is 0 Å². The monoisotopic (exact) mass is 1490 g/mol. The Balaban J connectivity index is 0.000000439. The molecule has 4 heterocycles. The first kappa shape index (κ1) is 89.4. The zero-order valence-corrected chi connectivity index (χ0v) is 68.3. The molecule has 4 fully saturated rings. The Hall–Kier alpha value is -4.83. The number of nitrogens with zero attached hydrogens (tertiary/aromatic N) is 8. The van der Waals surface area contributed by atoms with Gasteiger partial charge in [-0.15, -0.1) is 26.8 Å². The fraction of sp³-hybridized carbons (Fsp3) is 0.694. The van der Waals surface area contributed by atoms with Gasteiger partial charge in [-0.3, -0.25) is 53.0 Å². The van der Waals surface area contributed by atoms with Crippen molar-refractivity contribution in [1.29, 1.82) is 0 Å². The van der Waals surface area contributed by atoms with E-state index in [1.54, 1.807) is 77.3 Å². The lowest BCUT2D eigenvalue weighted by atomic mass is 9.84. The maximum atomic E-state index is 14.3. The van der Waals surface area contributed by atoms with Gasteiger partial charge >= 0.3 is 5.97 Å². The summed E-state index contributed by atoms with van der Waals surface area (Å²) in [4.78, 5) is 148. The second-order valence-electron chi connectivity index (χ2n) is 29.5. The first-order valence-corrected chi connectivity index (χ1v) is 43.7. The van der Waals surface area contributed by atoms with Gasteiger partial charge in [0.2, 0.25) is 41.4 Å². The van der Waals surface area contributed by atoms with Crippen LogP contribution in [0, 0.1) is 47.3 Å². The number of aromatic hydroxyl groups is 2. The third-order valence-corrected chi connectivity index (χ3v) is 31.4. The van der Waals surface area contributed by atoms with Crippen LogP contribution in [0.5, 0.6) is 11.5 Å². The Kier molecular flexibility index (Phi) is 38.3. The Labute approximate surface area is 606 Å². The van der Waals surface area contributed by atoms with Crippen LogP contribution in [0.15, 0.2) is 48.5 Å². The number of phenols is 2. The number of carbonyl (C=O) groups is 10. The molecule has 0 aliphatic carbocycles. The Bertz CT molecular complexity index is 2980. The van der Waals surface area contributed by atoms with Crippen LogP contribution >= 0.6 is 41.7 Å². The van der Waals surface area contributed by atoms with Gasteiger partial charge in [0.15, 0.2) is 11.6 Å². The lowest BCUT2D eigenvalue weighted by Gasteiger charge is -2.38. The lowest BCUT2D eigenvalue weighted by molar-refractivity contribution is -0.155. The number of rotatable bonds is 28. The highest BCUT2D eigenvalue weighted by Crippen LogP contribution is 2.71. The number of phenolic OH excluding ortho intramolecular Hbond substituents is 2. The number of ketones is 2. The molecule has 0 bridgehead atoms. The summed E-state index contributed by atoms with van der Waals surface area (Å²) in [5, 5.41) is 30.8. The summed E-state index contributed by atoms with van der Waals surface area (Å²) in [7, 11) is 20.0. The second-order valence-corrected chi connectivity index (χ2v) is 43.5. The summed E-state index contributed by atoms with van der Waals surface area (Å²) in [6.07, 6.45) is 4.71. The first-order valence-electron chi connectivity index (χ1n) is 35.4. The molecule has 6 N–H and O–H groups in total. The standard InChI is InChI=1S/C36H57N5O6.C29H50N4O6.C7H9NO.H7P5/c1-22(2)27(20-30(43)31(23(3)4)38(7)8)34(45)39(9)32(24(5)6)36(47)41-19-11-13-29(41)35(46)40-18-10-12-28(40)33(44)37-21-25-14-16-26(42)17-15-25;1-17(2)20(16-23(34)24(18(3)4)30(7)8)26(35)31(9)25(19(5)6)28(37)32-14-10-12-21(32)27(36)33-15-11-13-22(33)29(38)39;8-5-6-1-3-7(9)4-2-6;1-4-5(2)3/h14-17,22-24,27-29,31-32,42H,10-13,18-21H2,1-9H3,(H,37,44);17-22,24-25H,10-16H2,1-9H3,(H,38,39);1-4,9H,5,8H2;4H,1-3H2. The van der Waals surface area contributed by atoms with E-state index in [9.17, 15) is 58.2 Å². The third kappa shape index (κ3) is 25.5. The number of hydrogen-bond donors (Lipinski definition) is 5. The predicted octanol–water partition coefficient (Wildman–Crippen LogP) is 8.93. The van der Waals surface area contributed by atoms with Crippen LogP contribution in [0.2, 0.25) is 0 Å². The van der Waals surface area contributed by atoms with Crippen molar-refractivity contribution in [2.45, 2.75) is 209 Å². The lowest BCUT2D eigenvalue weighted by Crippen LogP contribution is -2.58. The number of aliphatic carboxylic acids is 1. The van der Waals surface area contributed by atoms with Crippen molar-refractivity contribution in [2.75, 3.05) is 68.5 Å². The van der Waals surface area contributed by atoms with Gasteiger partial charge in [0.25, 0.3) is 0 Å². The molecule has 7 amide bonds. The molecule has 100 heavy (non-hydrogen) atoms. The number of benzene rings is 2. The number of amides is 7. The topological polar surface area (TPSA) is 295 Å². The summed E-state index contributed by atoms with van der Waals surface area (Å²) in [6.45, 7) is 25.8. The van der Waals surface area contributed by atoms with Crippen LogP contribution in [0.25, 0.3) is 0 Å². The SMILES string of the molecule is CC(C)C(CC(=O)C(C(C)C)N(C)C)C(=O)N(C)C(C(=O)N1CCCC1C(=O)N1CCCC1C(=O)NCc1ccc(O)cc1)C(C)C.CC(C)C(CC(=O)C(C(C)C)N(C)C)C(=O)N(C)C(C(=O)N1CCCC1C(=O)N1CCCC1C(=O)O)C(C)C.NCc1ccc(O)cc1.PPP(P)P. The van der Waals surface area contributed by atoms with E-state index < -0.39 is 54.1 Å². The van der Waals surface area contributed by atoms with Gasteiger partial charge in [-0.05, 0) is 157 Å². The molecule has 4 aliphatic rings. The van der Waals surface area contributed by atoms with Gasteiger partial charge in [-0.1, -0.05) is 115 Å². The van der Waals surface area contributed by atoms with Gasteiger partial charge in [-0.25, -0.2) is 4.79 Å². The average molecular weight is 1490 g/mol. The van der Waals surface area contributed by atoms with Crippen LogP contribution in [-0.2, 0) is 61.0 Å². The smallest absolute Gasteiger partial charge is 0.326 e. The van der Waals surface area contributed by atoms with Gasteiger partial charge < -0.3 is 55.8 Å². The maximum absolute atomic E-state index is 14.3. The minimum absolute atomic E-state index is 0.00618. The normalized spacial score (nSPS) is 19.6. The van der Waals surface area contributed by atoms with E-state index in [0.717, 1.165) is 19.1 Å². The molecule has 2 aromatic rings. The average Bonchev–Trinajstić information content (AvgIpc) is 1.48. The van der Waals surface area contributed by atoms with Crippen molar-refractivity contribution in [2.24, 2.45) is 53.1 Å². The fourth-order valence-electron chi connectivity index (χ4n) is 14.4. The molecule has 0 saturated carbocycles. The van der Waals surface area contributed by atoms with Gasteiger partial charge in [0, 0.05) is 78.0 Å². The zero-order valence-electron chi connectivity index (χ0n) is 62.9. The number of Topliss-reactive ketones (excluding diaryl/α,β-unsaturated/α-hetero) is 2. The molecule has 6 rings (SSSR count). The molecule has 4 aliphatic heterocycles. The number of hydrogen-bond acceptors (Lipinski definition) is 15. The molecule has 28 heteroatoms. The Morgan fingerprint density at radius 3 is 1.11 bits per heavy atom. The number of carboxylic acid groups (broad SMARTS) is 1. The minimum Gasteiger partial charge on any atom is -0.508 e. The Morgan fingerprint density at radius 1 is 0.500 bits per heavy atom. The maximum Gasteiger partial charge on any atom is 0.326 e. The first-order chi connectivity index (χ1) is 46.8. The molecule has 564 valence electrons. The molecular formula is C72H123N10O13P5. The quantitative estimate of drug-likeness (QED) is 0.0497. The van der Waals surface area contributed by atoms with E-state index in [4.69, 9.17) is 10.8 Å². The third-order valence-electron chi connectivity index (χ3n) is 19.4. The van der Waals surface area contributed by atoms with Crippen molar-refractivity contribution >= 4 is 101 Å². The second kappa shape index (κ2) is 42.8. The molecule has 0 spiro atoms. The Morgan fingerprint density at radius 2 is 0.810 bits per heavy atom. The van der Waals surface area contributed by atoms with Crippen molar-refractivity contribution in [3.8, 4) is 11.5 Å². The number of nitrogens with two attached hydrogens (primary N) is 1. The van der Waals surface area contributed by atoms with E-state index >= 15 is 0 Å². The summed E-state index contributed by atoms with van der Waals surface area (Å²) in [5.41, 5.74) is 7.19. The van der Waals surface area contributed by atoms with Crippen molar-refractivity contribution < 1.29 is 63.3 Å². The highest BCUT2D eigenvalue weighted by molar-refractivity contribution is 8.77. The zero-order chi connectivity index (χ0) is 75.9. The summed E-state index contributed by atoms with van der Waals surface area (Å²) in [5.74, 6) is -4.08. The summed E-state index contributed by atoms with van der Waals surface area (Å²) < 4.78 is 0. The molecule has 23 nitrogen and oxygen atoms in total. The summed E-state index contributed by atoms with van der Waals surface area (Å²) in [6, 6.07) is 8.32. The van der Waals surface area contributed by atoms with Crippen LogP contribution < -0.4 is 11.1 Å². The molecule has 4 saturated heterocycles. The van der Waals surface area contributed by atoms with Crippen LogP contribution in [-0.4, -0.2) is 230 Å². The number of nitrogens with one attached hydrogen (secondary N) is 1. The van der Waals surface area contributed by atoms with Crippen molar-refractivity contribution in [3.05, 3.63) is 59.7 Å². The number of likely N-dealkylation sites (N-methyl/N-ethyl adjacent to an activating group) is 4. The fourth-order valence-corrected chi connectivity index (χ4v) is 14.4. The van der Waals surface area contributed by atoms with E-state index in [1.165, 1.54) is 14.7 Å².